The van der Waals surface area contributed by atoms with Crippen LogP contribution in [0.4, 0.5) is 0 Å². The van der Waals surface area contributed by atoms with E-state index in [2.05, 4.69) is 37.0 Å². The fourth-order valence-electron chi connectivity index (χ4n) is 5.27. The maximum Gasteiger partial charge on any atom is 0.309 e. The van der Waals surface area contributed by atoms with Crippen LogP contribution in [0, 0.1) is 25.7 Å². The van der Waals surface area contributed by atoms with E-state index in [1.807, 2.05) is 6.92 Å². The summed E-state index contributed by atoms with van der Waals surface area (Å²) >= 11 is 0. The van der Waals surface area contributed by atoms with Crippen molar-refractivity contribution in [2.24, 2.45) is 11.8 Å². The Morgan fingerprint density at radius 1 is 1.08 bits per heavy atom. The number of rotatable bonds is 10. The second kappa shape index (κ2) is 12.2. The van der Waals surface area contributed by atoms with Gasteiger partial charge in [-0.2, -0.15) is 0 Å². The number of ketones is 1. The normalized spacial score (nSPS) is 16.2. The van der Waals surface area contributed by atoms with E-state index in [9.17, 15) is 14.4 Å². The minimum atomic E-state index is -0.693. The first-order chi connectivity index (χ1) is 17.1. The van der Waals surface area contributed by atoms with Crippen molar-refractivity contribution in [1.82, 2.24) is 4.98 Å². The number of carbonyl (C=O) groups excluding carboxylic acids is 3. The summed E-state index contributed by atoms with van der Waals surface area (Å²) in [5.41, 5.74) is 3.59. The molecule has 1 aliphatic carbocycles. The van der Waals surface area contributed by atoms with Crippen molar-refractivity contribution < 1.29 is 28.6 Å². The standard InChI is InChI=1S/C29H37NO6/c1-17-11-12-23(18(2)15-17)26(22-9-7-8-10-22)20(4)35-29(33)19(3)16-24(32)27-28(36-21(5)31)25(34-6)13-14-30-27/h11-15,19-20,22,26H,7-10,16H2,1-6H3/t19-,20+,26-/m1/s1. The molecule has 0 N–H and O–H groups in total. The summed E-state index contributed by atoms with van der Waals surface area (Å²) < 4.78 is 16.4. The molecule has 0 saturated heterocycles. The van der Waals surface area contributed by atoms with Crippen LogP contribution in [0.5, 0.6) is 11.5 Å². The predicted octanol–water partition coefficient (Wildman–Crippen LogP) is 5.75. The number of Topliss-reactive ketones (excluding diaryl/α,β-unsaturated/α-hetero) is 1. The van der Waals surface area contributed by atoms with E-state index in [-0.39, 0.29) is 35.6 Å². The molecule has 0 radical (unpaired) electrons. The lowest BCUT2D eigenvalue weighted by Crippen LogP contribution is -2.30. The third-order valence-corrected chi connectivity index (χ3v) is 6.99. The van der Waals surface area contributed by atoms with Crippen LogP contribution in [0.1, 0.15) is 86.0 Å². The van der Waals surface area contributed by atoms with Crippen molar-refractivity contribution >= 4 is 17.7 Å². The van der Waals surface area contributed by atoms with Crippen molar-refractivity contribution in [3.63, 3.8) is 0 Å². The van der Waals surface area contributed by atoms with Gasteiger partial charge in [0.2, 0.25) is 5.75 Å². The number of carbonyl (C=O) groups is 3. The van der Waals surface area contributed by atoms with Gasteiger partial charge in [-0.15, -0.1) is 0 Å². The van der Waals surface area contributed by atoms with E-state index in [1.54, 1.807) is 6.92 Å². The van der Waals surface area contributed by atoms with Crippen LogP contribution < -0.4 is 9.47 Å². The maximum atomic E-state index is 13.1. The Bertz CT molecular complexity index is 1100. The number of aryl methyl sites for hydroxylation is 2. The molecular formula is C29H37NO6. The third-order valence-electron chi connectivity index (χ3n) is 6.99. The molecule has 0 unspecified atom stereocenters. The summed E-state index contributed by atoms with van der Waals surface area (Å²) in [6.07, 6.45) is 5.57. The van der Waals surface area contributed by atoms with Crippen LogP contribution in [-0.4, -0.2) is 35.9 Å². The molecule has 194 valence electrons. The van der Waals surface area contributed by atoms with E-state index in [4.69, 9.17) is 14.2 Å². The number of aromatic nitrogens is 1. The molecule has 1 saturated carbocycles. The van der Waals surface area contributed by atoms with E-state index in [0.717, 1.165) is 12.8 Å². The highest BCUT2D eigenvalue weighted by molar-refractivity contribution is 5.99. The molecule has 3 atom stereocenters. The van der Waals surface area contributed by atoms with Gasteiger partial charge in [-0.25, -0.2) is 4.98 Å². The van der Waals surface area contributed by atoms with E-state index in [0.29, 0.717) is 5.92 Å². The molecule has 1 fully saturated rings. The molecule has 0 bridgehead atoms. The molecule has 3 rings (SSSR count). The predicted molar refractivity (Wildman–Crippen MR) is 136 cm³/mol. The molecule has 1 heterocycles. The average Bonchev–Trinajstić information content (AvgIpc) is 3.34. The molecule has 7 nitrogen and oxygen atoms in total. The van der Waals surface area contributed by atoms with Gasteiger partial charge in [0.05, 0.1) is 13.0 Å². The molecular weight excluding hydrogens is 458 g/mol. The Balaban J connectivity index is 1.75. The van der Waals surface area contributed by atoms with Crippen LogP contribution in [0.3, 0.4) is 0 Å². The lowest BCUT2D eigenvalue weighted by Gasteiger charge is -2.31. The number of benzene rings is 1. The number of hydrogen-bond donors (Lipinski definition) is 0. The van der Waals surface area contributed by atoms with Gasteiger partial charge in [0.15, 0.2) is 17.2 Å². The fraction of sp³-hybridized carbons (Fsp3) is 0.517. The van der Waals surface area contributed by atoms with E-state index >= 15 is 0 Å². The topological polar surface area (TPSA) is 91.8 Å². The van der Waals surface area contributed by atoms with Crippen LogP contribution in [0.15, 0.2) is 30.5 Å². The SMILES string of the molecule is COc1ccnc(C(=O)C[C@@H](C)C(=O)O[C@@H](C)[C@@H](c2ccc(C)cc2C)C2CCCC2)c1OC(C)=O. The van der Waals surface area contributed by atoms with Gasteiger partial charge in [0.25, 0.3) is 0 Å². The Labute approximate surface area is 213 Å². The lowest BCUT2D eigenvalue weighted by molar-refractivity contribution is -0.154. The van der Waals surface area contributed by atoms with Crippen molar-refractivity contribution in [2.75, 3.05) is 7.11 Å². The van der Waals surface area contributed by atoms with Gasteiger partial charge in [-0.3, -0.25) is 14.4 Å². The summed E-state index contributed by atoms with van der Waals surface area (Å²) in [4.78, 5) is 41.8. The molecule has 0 aliphatic heterocycles. The average molecular weight is 496 g/mol. The van der Waals surface area contributed by atoms with Crippen LogP contribution in [0.25, 0.3) is 0 Å². The Morgan fingerprint density at radius 3 is 2.39 bits per heavy atom. The molecule has 1 aromatic carbocycles. The minimum absolute atomic E-state index is 0.0393. The van der Waals surface area contributed by atoms with Crippen LogP contribution in [0.2, 0.25) is 0 Å². The van der Waals surface area contributed by atoms with Gasteiger partial charge >= 0.3 is 11.9 Å². The molecule has 7 heteroatoms. The zero-order valence-corrected chi connectivity index (χ0v) is 22.1. The quantitative estimate of drug-likeness (QED) is 0.306. The summed E-state index contributed by atoms with van der Waals surface area (Å²) in [5, 5.41) is 0. The Hall–Kier alpha value is -3.22. The highest BCUT2D eigenvalue weighted by Crippen LogP contribution is 2.42. The zero-order valence-electron chi connectivity index (χ0n) is 22.1. The van der Waals surface area contributed by atoms with Crippen LogP contribution in [-0.2, 0) is 14.3 Å². The van der Waals surface area contributed by atoms with Crippen molar-refractivity contribution in [3.05, 3.63) is 52.8 Å². The van der Waals surface area contributed by atoms with E-state index in [1.165, 1.54) is 55.8 Å². The third kappa shape index (κ3) is 6.50. The Kier molecular flexibility index (Phi) is 9.24. The summed E-state index contributed by atoms with van der Waals surface area (Å²) in [6, 6.07) is 7.96. The molecule has 0 amide bonds. The first kappa shape index (κ1) is 27.4. The second-order valence-electron chi connectivity index (χ2n) is 9.89. The van der Waals surface area contributed by atoms with Gasteiger partial charge in [0.1, 0.15) is 6.10 Å². The second-order valence-corrected chi connectivity index (χ2v) is 9.89. The molecule has 1 aromatic heterocycles. The highest BCUT2D eigenvalue weighted by Gasteiger charge is 2.35. The molecule has 0 spiro atoms. The molecule has 2 aromatic rings. The number of methoxy groups -OCH3 is 1. The number of esters is 2. The largest absolute Gasteiger partial charge is 0.493 e. The lowest BCUT2D eigenvalue weighted by atomic mass is 9.79. The van der Waals surface area contributed by atoms with Gasteiger partial charge in [-0.1, -0.05) is 43.5 Å². The van der Waals surface area contributed by atoms with Gasteiger partial charge in [0, 0.05) is 31.5 Å². The zero-order chi connectivity index (χ0) is 26.4. The molecule has 1 aliphatic rings. The molecule has 36 heavy (non-hydrogen) atoms. The summed E-state index contributed by atoms with van der Waals surface area (Å²) in [7, 11) is 1.41. The van der Waals surface area contributed by atoms with Crippen molar-refractivity contribution in [1.29, 1.82) is 0 Å². The first-order valence-corrected chi connectivity index (χ1v) is 12.6. The minimum Gasteiger partial charge on any atom is -0.493 e. The first-order valence-electron chi connectivity index (χ1n) is 12.6. The van der Waals surface area contributed by atoms with Crippen LogP contribution >= 0.6 is 0 Å². The van der Waals surface area contributed by atoms with E-state index < -0.39 is 23.6 Å². The monoisotopic (exact) mass is 495 g/mol. The number of nitrogens with zero attached hydrogens (tertiary/aromatic N) is 1. The number of pyridine rings is 1. The highest BCUT2D eigenvalue weighted by atomic mass is 16.6. The van der Waals surface area contributed by atoms with Gasteiger partial charge in [-0.05, 0) is 50.7 Å². The smallest absolute Gasteiger partial charge is 0.309 e. The maximum absolute atomic E-state index is 13.1. The Morgan fingerprint density at radius 2 is 1.78 bits per heavy atom. The van der Waals surface area contributed by atoms with Crippen molar-refractivity contribution in [2.45, 2.75) is 78.7 Å². The fourth-order valence-corrected chi connectivity index (χ4v) is 5.27. The van der Waals surface area contributed by atoms with Gasteiger partial charge < -0.3 is 14.2 Å². The van der Waals surface area contributed by atoms with Crippen molar-refractivity contribution in [3.8, 4) is 11.5 Å². The number of hydrogen-bond acceptors (Lipinski definition) is 7. The number of ether oxygens (including phenoxy) is 3. The summed E-state index contributed by atoms with van der Waals surface area (Å²) in [6.45, 7) is 9.05. The summed E-state index contributed by atoms with van der Waals surface area (Å²) in [5.74, 6) is -1.40.